The molecule has 1 atom stereocenters. The SMILES string of the molecule is CC1(C)OB(c2c(CCCO[Si](C)(C)C(C)(C)C)c(F)cc3c2cnn3C2CCCCO2)OC1(C)C. The number of ether oxygens (including phenoxy) is 1. The van der Waals surface area contributed by atoms with Gasteiger partial charge in [-0.15, -0.1) is 0 Å². The fourth-order valence-electron chi connectivity index (χ4n) is 4.64. The van der Waals surface area contributed by atoms with Crippen LogP contribution in [0.25, 0.3) is 10.9 Å². The number of hydrogen-bond donors (Lipinski definition) is 0. The monoisotopic (exact) mass is 518 g/mol. The molecule has 0 saturated carbocycles. The quantitative estimate of drug-likeness (QED) is 0.326. The molecular formula is C27H44BFN2O4Si. The molecule has 200 valence electrons. The van der Waals surface area contributed by atoms with Crippen LogP contribution in [0.1, 0.15) is 85.9 Å². The first-order valence-corrected chi connectivity index (χ1v) is 16.4. The van der Waals surface area contributed by atoms with E-state index in [9.17, 15) is 0 Å². The Balaban J connectivity index is 1.69. The lowest BCUT2D eigenvalue weighted by molar-refractivity contribution is -0.0366. The van der Waals surface area contributed by atoms with Crippen LogP contribution in [-0.4, -0.2) is 49.6 Å². The lowest BCUT2D eigenvalue weighted by Gasteiger charge is -2.36. The van der Waals surface area contributed by atoms with Crippen molar-refractivity contribution in [3.8, 4) is 0 Å². The Morgan fingerprint density at radius 3 is 2.42 bits per heavy atom. The Bertz CT molecular complexity index is 1070. The van der Waals surface area contributed by atoms with Crippen molar-refractivity contribution in [1.29, 1.82) is 0 Å². The van der Waals surface area contributed by atoms with Gasteiger partial charge in [0.1, 0.15) is 5.82 Å². The van der Waals surface area contributed by atoms with Gasteiger partial charge in [0.15, 0.2) is 14.5 Å². The molecule has 0 bridgehead atoms. The van der Waals surface area contributed by atoms with Crippen molar-refractivity contribution in [2.24, 2.45) is 0 Å². The normalized spacial score (nSPS) is 22.5. The van der Waals surface area contributed by atoms with Crippen LogP contribution in [0.5, 0.6) is 0 Å². The summed E-state index contributed by atoms with van der Waals surface area (Å²) in [7, 11) is -2.54. The van der Waals surface area contributed by atoms with Gasteiger partial charge in [0, 0.05) is 24.7 Å². The molecule has 0 amide bonds. The summed E-state index contributed by atoms with van der Waals surface area (Å²) >= 11 is 0. The van der Waals surface area contributed by atoms with Gasteiger partial charge < -0.3 is 18.5 Å². The molecule has 0 radical (unpaired) electrons. The molecule has 2 aliphatic heterocycles. The third kappa shape index (κ3) is 5.19. The van der Waals surface area contributed by atoms with E-state index in [1.165, 1.54) is 0 Å². The lowest BCUT2D eigenvalue weighted by Crippen LogP contribution is -2.41. The van der Waals surface area contributed by atoms with Gasteiger partial charge in [-0.3, -0.25) is 0 Å². The highest BCUT2D eigenvalue weighted by atomic mass is 28.4. The standard InChI is InChI=1S/C27H44BFN2O4Si/c1-25(2,3)36(8,9)33-16-12-13-19-21(29)17-22-20(18-30-31(22)23-14-10-11-15-32-23)24(19)28-34-26(4,5)27(6,7)35-28/h17-18,23H,10-16H2,1-9H3. The van der Waals surface area contributed by atoms with Crippen LogP contribution in [0.2, 0.25) is 18.1 Å². The van der Waals surface area contributed by atoms with E-state index in [0.717, 1.165) is 42.0 Å². The van der Waals surface area contributed by atoms with Gasteiger partial charge in [-0.2, -0.15) is 5.10 Å². The summed E-state index contributed by atoms with van der Waals surface area (Å²) in [5.41, 5.74) is 1.05. The van der Waals surface area contributed by atoms with Crippen LogP contribution >= 0.6 is 0 Å². The predicted octanol–water partition coefficient (Wildman–Crippen LogP) is 6.13. The summed E-state index contributed by atoms with van der Waals surface area (Å²) in [6.45, 7) is 20.6. The second kappa shape index (κ2) is 9.80. The molecule has 1 aromatic heterocycles. The van der Waals surface area contributed by atoms with Crippen molar-refractivity contribution in [3.63, 3.8) is 0 Å². The summed E-state index contributed by atoms with van der Waals surface area (Å²) in [6, 6.07) is 1.61. The van der Waals surface area contributed by atoms with E-state index in [2.05, 4.69) is 39.0 Å². The van der Waals surface area contributed by atoms with Crippen molar-refractivity contribution in [1.82, 2.24) is 9.78 Å². The van der Waals surface area contributed by atoms with Crippen molar-refractivity contribution in [2.45, 2.75) is 116 Å². The molecule has 2 aromatic rings. The predicted molar refractivity (Wildman–Crippen MR) is 146 cm³/mol. The highest BCUT2D eigenvalue weighted by molar-refractivity contribution is 6.74. The second-order valence-electron chi connectivity index (χ2n) is 12.9. The second-order valence-corrected chi connectivity index (χ2v) is 17.7. The van der Waals surface area contributed by atoms with Crippen LogP contribution < -0.4 is 5.46 Å². The van der Waals surface area contributed by atoms with Crippen molar-refractivity contribution >= 4 is 31.8 Å². The summed E-state index contributed by atoms with van der Waals surface area (Å²) < 4.78 is 42.9. The molecule has 3 heterocycles. The minimum absolute atomic E-state index is 0.140. The van der Waals surface area contributed by atoms with Gasteiger partial charge in [0.2, 0.25) is 0 Å². The van der Waals surface area contributed by atoms with Crippen LogP contribution in [0.3, 0.4) is 0 Å². The number of aromatic nitrogens is 2. The minimum atomic E-state index is -1.86. The van der Waals surface area contributed by atoms with E-state index in [0.29, 0.717) is 25.2 Å². The average Bonchev–Trinajstić information content (AvgIpc) is 3.27. The maximum Gasteiger partial charge on any atom is 0.495 e. The van der Waals surface area contributed by atoms with E-state index in [-0.39, 0.29) is 17.1 Å². The van der Waals surface area contributed by atoms with Crippen molar-refractivity contribution in [3.05, 3.63) is 23.6 Å². The van der Waals surface area contributed by atoms with Gasteiger partial charge in [-0.05, 0) is 89.0 Å². The zero-order chi connectivity index (χ0) is 26.5. The molecule has 2 saturated heterocycles. The Labute approximate surface area is 217 Å². The van der Waals surface area contributed by atoms with Crippen LogP contribution in [0.15, 0.2) is 12.3 Å². The van der Waals surface area contributed by atoms with Gasteiger partial charge in [0.05, 0.1) is 22.9 Å². The first-order chi connectivity index (χ1) is 16.6. The number of halogens is 1. The zero-order valence-corrected chi connectivity index (χ0v) is 24.7. The van der Waals surface area contributed by atoms with E-state index in [1.54, 1.807) is 6.07 Å². The van der Waals surface area contributed by atoms with E-state index in [1.807, 2.05) is 38.6 Å². The lowest BCUT2D eigenvalue weighted by atomic mass is 9.73. The van der Waals surface area contributed by atoms with Gasteiger partial charge >= 0.3 is 7.12 Å². The summed E-state index contributed by atoms with van der Waals surface area (Å²) in [5.74, 6) is -0.253. The molecule has 1 unspecified atom stereocenters. The summed E-state index contributed by atoms with van der Waals surface area (Å²) in [4.78, 5) is 0. The maximum atomic E-state index is 15.9. The summed E-state index contributed by atoms with van der Waals surface area (Å²) in [6.07, 6.45) is 5.90. The largest absolute Gasteiger partial charge is 0.495 e. The van der Waals surface area contributed by atoms with E-state index in [4.69, 9.17) is 18.5 Å². The molecule has 2 fully saturated rings. The third-order valence-electron chi connectivity index (χ3n) is 8.76. The van der Waals surface area contributed by atoms with Crippen LogP contribution in [0.4, 0.5) is 4.39 Å². The Morgan fingerprint density at radius 1 is 1.17 bits per heavy atom. The minimum Gasteiger partial charge on any atom is -0.417 e. The highest BCUT2D eigenvalue weighted by Crippen LogP contribution is 2.39. The number of rotatable bonds is 7. The third-order valence-corrected chi connectivity index (χ3v) is 13.3. The molecule has 0 spiro atoms. The molecule has 4 rings (SSSR count). The van der Waals surface area contributed by atoms with Gasteiger partial charge in [-0.1, -0.05) is 20.8 Å². The summed E-state index contributed by atoms with van der Waals surface area (Å²) in [5, 5.41) is 5.66. The molecule has 1 aromatic carbocycles. The van der Waals surface area contributed by atoms with Crippen molar-refractivity contribution < 1.29 is 22.9 Å². The van der Waals surface area contributed by atoms with Gasteiger partial charge in [0.25, 0.3) is 0 Å². The maximum absolute atomic E-state index is 15.9. The van der Waals surface area contributed by atoms with Crippen molar-refractivity contribution in [2.75, 3.05) is 13.2 Å². The van der Waals surface area contributed by atoms with E-state index >= 15 is 4.39 Å². The fourth-order valence-corrected chi connectivity index (χ4v) is 5.73. The zero-order valence-electron chi connectivity index (χ0n) is 23.7. The smallest absolute Gasteiger partial charge is 0.417 e. The highest BCUT2D eigenvalue weighted by Gasteiger charge is 2.53. The Morgan fingerprint density at radius 2 is 1.83 bits per heavy atom. The first kappa shape index (κ1) is 27.8. The molecule has 6 nitrogen and oxygen atoms in total. The van der Waals surface area contributed by atoms with Crippen LogP contribution in [0, 0.1) is 5.82 Å². The molecule has 0 aliphatic carbocycles. The molecule has 36 heavy (non-hydrogen) atoms. The number of nitrogens with zero attached hydrogens (tertiary/aromatic N) is 2. The number of hydrogen-bond acceptors (Lipinski definition) is 5. The van der Waals surface area contributed by atoms with Crippen LogP contribution in [-0.2, 0) is 24.9 Å². The van der Waals surface area contributed by atoms with Gasteiger partial charge in [-0.25, -0.2) is 9.07 Å². The Kier molecular flexibility index (Phi) is 7.56. The Hall–Kier alpha value is -1.26. The topological polar surface area (TPSA) is 54.7 Å². The number of fused-ring (bicyclic) bond motifs is 1. The molecular weight excluding hydrogens is 474 g/mol. The van der Waals surface area contributed by atoms with E-state index < -0.39 is 26.6 Å². The molecule has 9 heteroatoms. The fraction of sp³-hybridized carbons (Fsp3) is 0.741. The molecule has 2 aliphatic rings. The molecule has 0 N–H and O–H groups in total. The number of benzene rings is 1. The first-order valence-electron chi connectivity index (χ1n) is 13.4. The average molecular weight is 519 g/mol.